The third-order valence-corrected chi connectivity index (χ3v) is 2.59. The Morgan fingerprint density at radius 1 is 1.36 bits per heavy atom. The van der Waals surface area contributed by atoms with Crippen molar-refractivity contribution >= 4 is 0 Å². The van der Waals surface area contributed by atoms with E-state index in [1.54, 1.807) is 6.92 Å². The smallest absolute Gasteiger partial charge is 0.140 e. The van der Waals surface area contributed by atoms with Crippen molar-refractivity contribution in [3.05, 3.63) is 35.4 Å². The lowest BCUT2D eigenvalue weighted by Gasteiger charge is -2.09. The first-order valence-corrected chi connectivity index (χ1v) is 5.02. The van der Waals surface area contributed by atoms with Gasteiger partial charge in [0.1, 0.15) is 6.10 Å². The van der Waals surface area contributed by atoms with E-state index in [9.17, 15) is 5.11 Å². The third-order valence-electron chi connectivity index (χ3n) is 2.59. The maximum absolute atomic E-state index is 9.80. The van der Waals surface area contributed by atoms with Crippen LogP contribution in [0.4, 0.5) is 0 Å². The third kappa shape index (κ3) is 1.81. The van der Waals surface area contributed by atoms with Crippen LogP contribution in [0.1, 0.15) is 42.9 Å². The molecule has 0 saturated heterocycles. The van der Waals surface area contributed by atoms with Crippen LogP contribution in [0.2, 0.25) is 0 Å². The first-order chi connectivity index (χ1) is 6.83. The van der Waals surface area contributed by atoms with Gasteiger partial charge < -0.3 is 5.11 Å². The van der Waals surface area contributed by atoms with Crippen LogP contribution in [0.25, 0.3) is 0 Å². The van der Waals surface area contributed by atoms with E-state index < -0.39 is 6.10 Å². The Morgan fingerprint density at radius 3 is 2.71 bits per heavy atom. The summed E-state index contributed by atoms with van der Waals surface area (Å²) in [4.78, 5) is 0. The highest BCUT2D eigenvalue weighted by Gasteiger charge is 2.26. The molecule has 1 aliphatic carbocycles. The number of aliphatic hydroxyl groups is 1. The van der Waals surface area contributed by atoms with Crippen LogP contribution in [-0.4, -0.2) is 5.11 Å². The number of aliphatic hydroxyl groups excluding tert-OH is 1. The van der Waals surface area contributed by atoms with Crippen LogP contribution in [0, 0.1) is 11.8 Å². The summed E-state index contributed by atoms with van der Waals surface area (Å²) in [5, 5.41) is 9.80. The van der Waals surface area contributed by atoms with Crippen molar-refractivity contribution in [1.29, 1.82) is 0 Å². The molecule has 1 nitrogen and oxygen atoms in total. The Labute approximate surface area is 84.8 Å². The molecule has 1 saturated carbocycles. The van der Waals surface area contributed by atoms with E-state index in [4.69, 9.17) is 0 Å². The molecule has 0 heterocycles. The average molecular weight is 186 g/mol. The lowest BCUT2D eigenvalue weighted by atomic mass is 9.99. The van der Waals surface area contributed by atoms with Gasteiger partial charge in [-0.3, -0.25) is 0 Å². The fraction of sp³-hybridized carbons (Fsp3) is 0.385. The summed E-state index contributed by atoms with van der Waals surface area (Å²) >= 11 is 0. The molecule has 1 N–H and O–H groups in total. The van der Waals surface area contributed by atoms with Gasteiger partial charge in [0.25, 0.3) is 0 Å². The maximum atomic E-state index is 9.80. The molecule has 0 aliphatic heterocycles. The van der Waals surface area contributed by atoms with Crippen LogP contribution in [0.5, 0.6) is 0 Å². The maximum Gasteiger partial charge on any atom is 0.140 e. The van der Waals surface area contributed by atoms with Crippen molar-refractivity contribution < 1.29 is 5.11 Å². The van der Waals surface area contributed by atoms with Gasteiger partial charge in [0.05, 0.1) is 0 Å². The Morgan fingerprint density at radius 2 is 2.07 bits per heavy atom. The molecule has 1 unspecified atom stereocenters. The van der Waals surface area contributed by atoms with Crippen LogP contribution < -0.4 is 0 Å². The van der Waals surface area contributed by atoms with E-state index >= 15 is 0 Å². The average Bonchev–Trinajstić information content (AvgIpc) is 3.01. The number of hydrogen-bond acceptors (Lipinski definition) is 1. The van der Waals surface area contributed by atoms with Crippen molar-refractivity contribution in [3.63, 3.8) is 0 Å². The second-order valence-corrected chi connectivity index (χ2v) is 3.70. The molecular weight excluding hydrogens is 172 g/mol. The van der Waals surface area contributed by atoms with Crippen molar-refractivity contribution in [1.82, 2.24) is 0 Å². The van der Waals surface area contributed by atoms with E-state index in [2.05, 4.69) is 17.9 Å². The molecule has 0 radical (unpaired) electrons. The van der Waals surface area contributed by atoms with Crippen molar-refractivity contribution in [3.8, 4) is 11.8 Å². The van der Waals surface area contributed by atoms with E-state index in [1.807, 2.05) is 18.2 Å². The number of benzene rings is 1. The molecule has 1 aromatic carbocycles. The minimum atomic E-state index is -0.614. The largest absolute Gasteiger partial charge is 0.376 e. The molecule has 1 fully saturated rings. The predicted molar refractivity (Wildman–Crippen MR) is 56.8 cm³/mol. The summed E-state index contributed by atoms with van der Waals surface area (Å²) in [6.45, 7) is 1.75. The molecule has 0 amide bonds. The van der Waals surface area contributed by atoms with Crippen LogP contribution in [0.15, 0.2) is 24.3 Å². The molecule has 0 aromatic heterocycles. The molecule has 1 heteroatoms. The van der Waals surface area contributed by atoms with Gasteiger partial charge >= 0.3 is 0 Å². The highest BCUT2D eigenvalue weighted by atomic mass is 16.3. The van der Waals surface area contributed by atoms with Crippen LogP contribution in [-0.2, 0) is 0 Å². The summed E-state index contributed by atoms with van der Waals surface area (Å²) < 4.78 is 0. The summed E-state index contributed by atoms with van der Waals surface area (Å²) in [6.07, 6.45) is 1.89. The van der Waals surface area contributed by atoms with E-state index in [0.717, 1.165) is 5.56 Å². The second kappa shape index (κ2) is 3.86. The Hall–Kier alpha value is -1.26. The molecule has 72 valence electrons. The monoisotopic (exact) mass is 186 g/mol. The van der Waals surface area contributed by atoms with Gasteiger partial charge in [-0.25, -0.2) is 0 Å². The standard InChI is InChI=1S/C13H14O/c1-2-5-13(14)12-7-4-3-6-11(12)10-8-9-10/h3-4,6-7,10,13-14H,8-9H2,1H3. The number of rotatable bonds is 2. The quantitative estimate of drug-likeness (QED) is 0.704. The van der Waals surface area contributed by atoms with Gasteiger partial charge in [-0.2, -0.15) is 0 Å². The first kappa shape index (κ1) is 9.30. The summed E-state index contributed by atoms with van der Waals surface area (Å²) in [5.41, 5.74) is 2.27. The lowest BCUT2D eigenvalue weighted by Crippen LogP contribution is -1.98. The zero-order valence-corrected chi connectivity index (χ0v) is 8.33. The van der Waals surface area contributed by atoms with E-state index in [0.29, 0.717) is 5.92 Å². The number of hydrogen-bond donors (Lipinski definition) is 1. The van der Waals surface area contributed by atoms with Gasteiger partial charge in [0, 0.05) is 0 Å². The zero-order valence-electron chi connectivity index (χ0n) is 8.33. The molecule has 2 rings (SSSR count). The Balaban J connectivity index is 2.33. The topological polar surface area (TPSA) is 20.2 Å². The van der Waals surface area contributed by atoms with Crippen molar-refractivity contribution in [2.75, 3.05) is 0 Å². The zero-order chi connectivity index (χ0) is 9.97. The minimum absolute atomic E-state index is 0.614. The normalized spacial score (nSPS) is 17.0. The van der Waals surface area contributed by atoms with Gasteiger partial charge in [0.15, 0.2) is 0 Å². The van der Waals surface area contributed by atoms with Crippen molar-refractivity contribution in [2.24, 2.45) is 0 Å². The van der Waals surface area contributed by atoms with Gasteiger partial charge in [-0.1, -0.05) is 30.2 Å². The Kier molecular flexibility index (Phi) is 2.56. The minimum Gasteiger partial charge on any atom is -0.376 e. The summed E-state index contributed by atoms with van der Waals surface area (Å²) in [7, 11) is 0. The lowest BCUT2D eigenvalue weighted by molar-refractivity contribution is 0.237. The summed E-state index contributed by atoms with van der Waals surface area (Å²) in [5.74, 6) is 6.21. The van der Waals surface area contributed by atoms with E-state index in [-0.39, 0.29) is 0 Å². The Bertz CT molecular complexity index is 380. The molecule has 0 spiro atoms. The predicted octanol–water partition coefficient (Wildman–Crippen LogP) is 2.62. The first-order valence-electron chi connectivity index (χ1n) is 5.02. The highest BCUT2D eigenvalue weighted by Crippen LogP contribution is 2.42. The molecule has 1 aliphatic rings. The van der Waals surface area contributed by atoms with E-state index in [1.165, 1.54) is 18.4 Å². The van der Waals surface area contributed by atoms with Crippen LogP contribution >= 0.6 is 0 Å². The highest BCUT2D eigenvalue weighted by molar-refractivity contribution is 5.37. The van der Waals surface area contributed by atoms with Gasteiger partial charge in [-0.15, -0.1) is 5.92 Å². The second-order valence-electron chi connectivity index (χ2n) is 3.70. The summed E-state index contributed by atoms with van der Waals surface area (Å²) in [6, 6.07) is 8.07. The van der Waals surface area contributed by atoms with Gasteiger partial charge in [0.2, 0.25) is 0 Å². The van der Waals surface area contributed by atoms with Crippen molar-refractivity contribution in [2.45, 2.75) is 31.8 Å². The van der Waals surface area contributed by atoms with Gasteiger partial charge in [-0.05, 0) is 36.8 Å². The fourth-order valence-corrected chi connectivity index (χ4v) is 1.74. The fourth-order valence-electron chi connectivity index (χ4n) is 1.74. The molecule has 1 aromatic rings. The van der Waals surface area contributed by atoms with Crippen LogP contribution in [0.3, 0.4) is 0 Å². The molecule has 1 atom stereocenters. The molecule has 0 bridgehead atoms. The molecular formula is C13H14O. The molecule has 14 heavy (non-hydrogen) atoms. The SMILES string of the molecule is CC#CC(O)c1ccccc1C1CC1.